The summed E-state index contributed by atoms with van der Waals surface area (Å²) in [7, 11) is 0. The summed E-state index contributed by atoms with van der Waals surface area (Å²) in [5.41, 5.74) is 3.32. The molecule has 0 bridgehead atoms. The van der Waals surface area contributed by atoms with Gasteiger partial charge in [-0.15, -0.1) is 11.3 Å². The van der Waals surface area contributed by atoms with E-state index in [0.29, 0.717) is 41.1 Å². The number of fused-ring (bicyclic) bond motifs is 3. The van der Waals surface area contributed by atoms with E-state index in [2.05, 4.69) is 0 Å². The Bertz CT molecular complexity index is 1770. The number of phenolic OH excluding ortho intramolecular Hbond substituents is 1. The third-order valence-corrected chi connectivity index (χ3v) is 9.97. The van der Waals surface area contributed by atoms with Crippen molar-refractivity contribution >= 4 is 34.7 Å². The van der Waals surface area contributed by atoms with Crippen LogP contribution >= 0.6 is 11.3 Å². The number of nitrogens with zero attached hydrogens (tertiary/aromatic N) is 1. The Morgan fingerprint density at radius 2 is 1.79 bits per heavy atom. The Labute approximate surface area is 252 Å². The number of imide groups is 1. The van der Waals surface area contributed by atoms with E-state index in [4.69, 9.17) is 4.74 Å². The van der Waals surface area contributed by atoms with Crippen molar-refractivity contribution in [1.29, 1.82) is 0 Å². The molecule has 4 aliphatic rings. The molecule has 2 heterocycles. The summed E-state index contributed by atoms with van der Waals surface area (Å²) in [6, 6.07) is 18.5. The molecule has 8 heteroatoms. The van der Waals surface area contributed by atoms with Gasteiger partial charge in [0.05, 0.1) is 18.4 Å². The van der Waals surface area contributed by atoms with Gasteiger partial charge >= 0.3 is 0 Å². The number of carbonyl (C=O) groups excluding carboxylic acids is 4. The van der Waals surface area contributed by atoms with Crippen LogP contribution in [0.5, 0.6) is 11.5 Å². The number of ketones is 2. The zero-order valence-electron chi connectivity index (χ0n) is 23.5. The molecule has 1 saturated heterocycles. The van der Waals surface area contributed by atoms with Gasteiger partial charge < -0.3 is 9.84 Å². The van der Waals surface area contributed by atoms with Crippen LogP contribution < -0.4 is 4.74 Å². The van der Waals surface area contributed by atoms with Crippen molar-refractivity contribution in [3.05, 3.63) is 116 Å². The molecule has 7 nitrogen and oxygen atoms in total. The second-order valence-corrected chi connectivity index (χ2v) is 12.6. The van der Waals surface area contributed by atoms with E-state index in [0.717, 1.165) is 16.0 Å². The second-order valence-electron chi connectivity index (χ2n) is 11.6. The Hall–Kier alpha value is -4.56. The van der Waals surface area contributed by atoms with Crippen LogP contribution in [0.4, 0.5) is 0 Å². The maximum Gasteiger partial charge on any atom is 0.234 e. The van der Waals surface area contributed by atoms with Crippen LogP contribution in [0, 0.1) is 17.8 Å². The number of amides is 2. The third kappa shape index (κ3) is 4.57. The molecule has 1 aromatic heterocycles. The molecule has 0 spiro atoms. The van der Waals surface area contributed by atoms with Gasteiger partial charge in [-0.05, 0) is 54.8 Å². The SMILES string of the molecule is CC1=CC(=O)C2=C(C1=O)[C@@H](c1ccc(OCc3ccccc3)cc1O)C1=CC[C@@H]3C(=O)N(Cc4cccs4)C(=O)[C@@H]3[C@@H]1C2. The molecule has 4 atom stereocenters. The number of rotatable bonds is 6. The first-order valence-corrected chi connectivity index (χ1v) is 15.3. The smallest absolute Gasteiger partial charge is 0.234 e. The molecule has 0 saturated carbocycles. The predicted octanol–water partition coefficient (Wildman–Crippen LogP) is 5.66. The summed E-state index contributed by atoms with van der Waals surface area (Å²) < 4.78 is 5.92. The molecule has 0 radical (unpaired) electrons. The number of carbonyl (C=O) groups is 4. The molecule has 1 aliphatic heterocycles. The molecule has 1 N–H and O–H groups in total. The summed E-state index contributed by atoms with van der Waals surface area (Å²) in [4.78, 5) is 56.6. The number of hydrogen-bond acceptors (Lipinski definition) is 7. The number of allylic oxidation sites excluding steroid dienone is 6. The predicted molar refractivity (Wildman–Crippen MR) is 160 cm³/mol. The lowest BCUT2D eigenvalue weighted by molar-refractivity contribution is -0.140. The van der Waals surface area contributed by atoms with Crippen molar-refractivity contribution in [1.82, 2.24) is 4.90 Å². The maximum absolute atomic E-state index is 13.9. The molecule has 0 unspecified atom stereocenters. The van der Waals surface area contributed by atoms with E-state index in [1.165, 1.54) is 28.4 Å². The molecule has 1 fully saturated rings. The Morgan fingerprint density at radius 1 is 0.977 bits per heavy atom. The average Bonchev–Trinajstić information content (AvgIpc) is 3.61. The van der Waals surface area contributed by atoms with Crippen molar-refractivity contribution in [2.45, 2.75) is 38.8 Å². The normalized spacial score (nSPS) is 24.8. The first kappa shape index (κ1) is 27.3. The Kier molecular flexibility index (Phi) is 6.73. The summed E-state index contributed by atoms with van der Waals surface area (Å²) >= 11 is 1.49. The van der Waals surface area contributed by atoms with E-state index in [1.807, 2.05) is 53.9 Å². The highest BCUT2D eigenvalue weighted by Crippen LogP contribution is 2.56. The van der Waals surface area contributed by atoms with Gasteiger partial charge in [0.15, 0.2) is 11.6 Å². The van der Waals surface area contributed by atoms with Crippen molar-refractivity contribution in [2.24, 2.45) is 17.8 Å². The zero-order chi connectivity index (χ0) is 29.8. The average molecular weight is 592 g/mol. The first-order chi connectivity index (χ1) is 20.8. The van der Waals surface area contributed by atoms with E-state index in [1.54, 1.807) is 19.1 Å². The van der Waals surface area contributed by atoms with Crippen molar-refractivity contribution in [3.63, 3.8) is 0 Å². The molecular weight excluding hydrogens is 562 g/mol. The number of Topliss-reactive ketones (excluding diaryl/α,β-unsaturated/α-hetero) is 1. The van der Waals surface area contributed by atoms with Crippen molar-refractivity contribution in [2.75, 3.05) is 0 Å². The first-order valence-electron chi connectivity index (χ1n) is 14.4. The van der Waals surface area contributed by atoms with Gasteiger partial charge in [-0.3, -0.25) is 24.1 Å². The monoisotopic (exact) mass is 591 g/mol. The summed E-state index contributed by atoms with van der Waals surface area (Å²) in [5, 5.41) is 13.3. The number of thiophene rings is 1. The number of hydrogen-bond donors (Lipinski definition) is 1. The number of ether oxygens (including phenoxy) is 1. The van der Waals surface area contributed by atoms with Gasteiger partial charge in [0.25, 0.3) is 0 Å². The topological polar surface area (TPSA) is 101 Å². The highest BCUT2D eigenvalue weighted by atomic mass is 32.1. The molecule has 2 aromatic carbocycles. The van der Waals surface area contributed by atoms with Crippen molar-refractivity contribution in [3.8, 4) is 11.5 Å². The van der Waals surface area contributed by atoms with Gasteiger partial charge in [-0.25, -0.2) is 0 Å². The molecule has 7 rings (SSSR count). The highest BCUT2D eigenvalue weighted by Gasteiger charge is 2.56. The molecule has 3 aliphatic carbocycles. The third-order valence-electron chi connectivity index (χ3n) is 9.11. The molecule has 216 valence electrons. The zero-order valence-corrected chi connectivity index (χ0v) is 24.3. The van der Waals surface area contributed by atoms with Gasteiger partial charge in [0.2, 0.25) is 11.8 Å². The van der Waals surface area contributed by atoms with E-state index in [9.17, 15) is 24.3 Å². The van der Waals surface area contributed by atoms with E-state index >= 15 is 0 Å². The Balaban J connectivity index is 1.26. The van der Waals surface area contributed by atoms with Crippen LogP contribution in [0.1, 0.15) is 41.7 Å². The summed E-state index contributed by atoms with van der Waals surface area (Å²) in [5.74, 6) is -2.83. The fourth-order valence-corrected chi connectivity index (χ4v) is 7.79. The number of likely N-dealkylation sites (tertiary alicyclic amines) is 1. The minimum atomic E-state index is -0.716. The largest absolute Gasteiger partial charge is 0.507 e. The number of phenols is 1. The number of aromatic hydroxyl groups is 1. The van der Waals surface area contributed by atoms with Crippen LogP contribution in [0.3, 0.4) is 0 Å². The molecule has 43 heavy (non-hydrogen) atoms. The van der Waals surface area contributed by atoms with Gasteiger partial charge in [-0.1, -0.05) is 54.1 Å². The quantitative estimate of drug-likeness (QED) is 0.226. The molecule has 2 amide bonds. The summed E-state index contributed by atoms with van der Waals surface area (Å²) in [6.45, 7) is 2.18. The lowest BCUT2D eigenvalue weighted by Crippen LogP contribution is -2.39. The van der Waals surface area contributed by atoms with Crippen LogP contribution in [0.25, 0.3) is 0 Å². The van der Waals surface area contributed by atoms with Crippen LogP contribution in [-0.2, 0) is 32.3 Å². The second kappa shape index (κ2) is 10.6. The lowest BCUT2D eigenvalue weighted by atomic mass is 9.59. The van der Waals surface area contributed by atoms with Gasteiger partial charge in [0.1, 0.15) is 18.1 Å². The standard InChI is InChI=1S/C35H29NO6S/c1-19-14-28(37)27-16-26-23(11-12-25-31(26)35(41)36(34(25)40)17-22-8-5-13-43-22)30(32(27)33(19)39)24-10-9-21(15-29(24)38)42-18-20-6-3-2-4-7-20/h2-11,13-15,25-26,30-31,38H,12,16-18H2,1H3/t25-,26+,30+,31-/m0/s1. The maximum atomic E-state index is 13.9. The van der Waals surface area contributed by atoms with E-state index < -0.39 is 23.7 Å². The van der Waals surface area contributed by atoms with Gasteiger partial charge in [0, 0.05) is 39.1 Å². The van der Waals surface area contributed by atoms with Crippen LogP contribution in [0.15, 0.2) is 100 Å². The lowest BCUT2D eigenvalue weighted by Gasteiger charge is -2.42. The fourth-order valence-electron chi connectivity index (χ4n) is 7.09. The van der Waals surface area contributed by atoms with E-state index in [-0.39, 0.29) is 42.1 Å². The number of benzene rings is 2. The van der Waals surface area contributed by atoms with Crippen LogP contribution in [-0.4, -0.2) is 33.4 Å². The fraction of sp³-hybridized carbons (Fsp3) is 0.257. The Morgan fingerprint density at radius 3 is 2.53 bits per heavy atom. The molecule has 3 aromatic rings. The highest BCUT2D eigenvalue weighted by molar-refractivity contribution is 7.09. The van der Waals surface area contributed by atoms with Crippen LogP contribution in [0.2, 0.25) is 0 Å². The van der Waals surface area contributed by atoms with Crippen molar-refractivity contribution < 1.29 is 29.0 Å². The molecular formula is C35H29NO6S. The minimum absolute atomic E-state index is 0.0633. The van der Waals surface area contributed by atoms with Gasteiger partial charge in [-0.2, -0.15) is 0 Å². The minimum Gasteiger partial charge on any atom is -0.507 e. The summed E-state index contributed by atoms with van der Waals surface area (Å²) in [6.07, 6.45) is 3.89.